The van der Waals surface area contributed by atoms with Crippen molar-refractivity contribution in [3.8, 4) is 12.1 Å². The van der Waals surface area contributed by atoms with Gasteiger partial charge in [0.15, 0.2) is 12.0 Å². The minimum Gasteiger partial charge on any atom is -0.356 e. The molecule has 0 aromatic heterocycles. The van der Waals surface area contributed by atoms with E-state index in [1.54, 1.807) is 4.90 Å². The molecule has 38 heavy (non-hydrogen) atoms. The lowest BCUT2D eigenvalue weighted by Gasteiger charge is -2.34. The monoisotopic (exact) mass is 541 g/mol. The third-order valence-electron chi connectivity index (χ3n) is 9.01. The van der Waals surface area contributed by atoms with Crippen molar-refractivity contribution in [3.63, 3.8) is 0 Å². The Labute approximate surface area is 231 Å². The Balaban J connectivity index is 1.50. The second kappa shape index (κ2) is 10.8. The van der Waals surface area contributed by atoms with Gasteiger partial charge in [0, 0.05) is 31.2 Å². The van der Waals surface area contributed by atoms with Gasteiger partial charge in [0.25, 0.3) is 0 Å². The third kappa shape index (κ3) is 5.81. The van der Waals surface area contributed by atoms with E-state index in [-0.39, 0.29) is 47.3 Å². The summed E-state index contributed by atoms with van der Waals surface area (Å²) in [5, 5.41) is 19.0. The van der Waals surface area contributed by atoms with Gasteiger partial charge in [-0.3, -0.25) is 14.4 Å². The number of nitrogens with one attached hydrogen (secondary N) is 3. The van der Waals surface area contributed by atoms with Crippen molar-refractivity contribution >= 4 is 35.1 Å². The normalized spacial score (nSPS) is 29.3. The average Bonchev–Trinajstić information content (AvgIpc) is 3.38. The first-order valence-corrected chi connectivity index (χ1v) is 14.3. The molecule has 0 spiro atoms. The lowest BCUT2D eigenvalue weighted by atomic mass is 9.80. The van der Waals surface area contributed by atoms with Crippen molar-refractivity contribution in [2.75, 3.05) is 13.1 Å². The highest BCUT2D eigenvalue weighted by molar-refractivity contribution is 7.80. The van der Waals surface area contributed by atoms with Crippen LogP contribution in [0.15, 0.2) is 0 Å². The van der Waals surface area contributed by atoms with Gasteiger partial charge in [-0.1, -0.05) is 34.6 Å². The smallest absolute Gasteiger partial charge is 0.356 e. The maximum absolute atomic E-state index is 14.0. The zero-order chi connectivity index (χ0) is 27.8. The molecular formula is C28H41N6O3S+. The maximum Gasteiger partial charge on any atom is 0.448 e. The van der Waals surface area contributed by atoms with E-state index in [0.29, 0.717) is 30.7 Å². The lowest BCUT2D eigenvalue weighted by Crippen LogP contribution is -2.54. The summed E-state index contributed by atoms with van der Waals surface area (Å²) < 4.78 is 0. The highest BCUT2D eigenvalue weighted by Crippen LogP contribution is 2.65. The predicted molar refractivity (Wildman–Crippen MR) is 148 cm³/mol. The van der Waals surface area contributed by atoms with Crippen LogP contribution < -0.4 is 16.0 Å². The lowest BCUT2D eigenvalue weighted by molar-refractivity contribution is -0.144. The van der Waals surface area contributed by atoms with Crippen molar-refractivity contribution in [1.82, 2.24) is 20.9 Å². The van der Waals surface area contributed by atoms with Crippen LogP contribution in [0, 0.1) is 51.9 Å². The minimum absolute atomic E-state index is 0.0169. The van der Waals surface area contributed by atoms with Crippen LogP contribution in [0.5, 0.6) is 0 Å². The number of amides is 3. The van der Waals surface area contributed by atoms with Crippen molar-refractivity contribution < 1.29 is 14.4 Å². The molecule has 3 amide bonds. The van der Waals surface area contributed by atoms with E-state index in [1.807, 2.05) is 20.8 Å². The number of rotatable bonds is 6. The van der Waals surface area contributed by atoms with Crippen LogP contribution in [0.3, 0.4) is 0 Å². The molecule has 2 aliphatic carbocycles. The number of nitrogens with zero attached hydrogens (tertiary/aromatic N) is 3. The van der Waals surface area contributed by atoms with Gasteiger partial charge in [-0.25, -0.2) is 5.32 Å². The maximum atomic E-state index is 14.0. The number of carbonyl (C=O) groups excluding carboxylic acids is 3. The van der Waals surface area contributed by atoms with Crippen LogP contribution >= 0.6 is 12.2 Å². The summed E-state index contributed by atoms with van der Waals surface area (Å²) in [4.78, 5) is 45.6. The molecular weight excluding hydrogens is 500 g/mol. The SMILES string of the molecule is CC(C)(C)C(C#[N+]C(=S)NC1CCCC1)C(=O)N1C[C@H]2[C@@H]([C@H]1C(=O)N[C@H](C#N)C[C@@H]1CCNC1=O)C2(C)C. The van der Waals surface area contributed by atoms with Gasteiger partial charge in [0.1, 0.15) is 12.1 Å². The fourth-order valence-corrected chi connectivity index (χ4v) is 6.77. The van der Waals surface area contributed by atoms with Crippen molar-refractivity contribution in [1.29, 1.82) is 5.26 Å². The standard InChI is InChI=1S/C28H40N6O3S/c1-27(2,3)19(14-31-26(38)33-17-8-6-7-9-17)25(37)34-15-20-21(28(20,4)5)22(34)24(36)32-18(13-29)12-16-10-11-30-23(16)35/h16-22H,6-12,15H2,1-5H3,(H2-,30,32,33,35,36,38)/p+1/t16-,18-,19?,20-,21-,22-/m0/s1. The van der Waals surface area contributed by atoms with Crippen molar-refractivity contribution in [2.24, 2.45) is 34.5 Å². The molecule has 0 bridgehead atoms. The summed E-state index contributed by atoms with van der Waals surface area (Å²) in [6.07, 6.45) is 5.40. The Hall–Kier alpha value is -2.72. The fraction of sp³-hybridized carbons (Fsp3) is 0.786. The predicted octanol–water partition coefficient (Wildman–Crippen LogP) is 2.82. The van der Waals surface area contributed by atoms with E-state index in [9.17, 15) is 19.6 Å². The highest BCUT2D eigenvalue weighted by atomic mass is 32.1. The Morgan fingerprint density at radius 3 is 2.53 bits per heavy atom. The Bertz CT molecular complexity index is 1090. The van der Waals surface area contributed by atoms with Gasteiger partial charge in [0.2, 0.25) is 17.7 Å². The molecule has 0 aromatic rings. The van der Waals surface area contributed by atoms with Crippen molar-refractivity contribution in [2.45, 2.75) is 91.3 Å². The van der Waals surface area contributed by atoms with E-state index >= 15 is 0 Å². The van der Waals surface area contributed by atoms with Gasteiger partial charge in [-0.2, -0.15) is 5.26 Å². The number of carbonyl (C=O) groups is 3. The summed E-state index contributed by atoms with van der Waals surface area (Å²) in [6.45, 7) is 11.2. The Kier molecular flexibility index (Phi) is 8.04. The van der Waals surface area contributed by atoms with Crippen LogP contribution in [-0.2, 0) is 14.4 Å². The second-order valence-corrected chi connectivity index (χ2v) is 13.4. The molecule has 0 aromatic carbocycles. The summed E-state index contributed by atoms with van der Waals surface area (Å²) in [6, 6.07) is 4.02. The largest absolute Gasteiger partial charge is 0.448 e. The molecule has 6 atom stereocenters. The number of nitriles is 1. The molecule has 3 N–H and O–H groups in total. The zero-order valence-corrected chi connectivity index (χ0v) is 24.0. The summed E-state index contributed by atoms with van der Waals surface area (Å²) >= 11 is 5.41. The molecule has 2 saturated heterocycles. The fourth-order valence-electron chi connectivity index (χ4n) is 6.55. The number of piperidine rings is 1. The van der Waals surface area contributed by atoms with Gasteiger partial charge in [-0.15, -0.1) is 4.85 Å². The van der Waals surface area contributed by atoms with E-state index in [0.717, 1.165) is 12.8 Å². The topological polar surface area (TPSA) is 119 Å². The van der Waals surface area contributed by atoms with Crippen LogP contribution in [0.1, 0.15) is 73.1 Å². The van der Waals surface area contributed by atoms with Gasteiger partial charge in [-0.05, 0) is 61.2 Å². The van der Waals surface area contributed by atoms with E-state index in [2.05, 4.69) is 46.8 Å². The number of thiocarbonyl (C=S) groups is 1. The molecule has 206 valence electrons. The summed E-state index contributed by atoms with van der Waals surface area (Å²) in [5.74, 6) is -1.35. The molecule has 4 aliphatic rings. The van der Waals surface area contributed by atoms with Crippen LogP contribution in [0.4, 0.5) is 0 Å². The molecule has 2 aliphatic heterocycles. The molecule has 4 rings (SSSR count). The average molecular weight is 542 g/mol. The van der Waals surface area contributed by atoms with Crippen molar-refractivity contribution in [3.05, 3.63) is 4.85 Å². The number of likely N-dealkylation sites (tertiary alicyclic amines) is 1. The van der Waals surface area contributed by atoms with E-state index in [4.69, 9.17) is 12.2 Å². The first kappa shape index (κ1) is 28.3. The number of hydrogen-bond acceptors (Lipinski definition) is 5. The van der Waals surface area contributed by atoms with Gasteiger partial charge >= 0.3 is 5.11 Å². The minimum atomic E-state index is -0.792. The molecule has 2 saturated carbocycles. The second-order valence-electron chi connectivity index (χ2n) is 13.1. The molecule has 10 heteroatoms. The van der Waals surface area contributed by atoms with Gasteiger partial charge in [0.05, 0.1) is 12.1 Å². The first-order chi connectivity index (χ1) is 17.8. The van der Waals surface area contributed by atoms with E-state index in [1.165, 1.54) is 12.8 Å². The Morgan fingerprint density at radius 2 is 1.95 bits per heavy atom. The molecule has 4 fully saturated rings. The number of fused-ring (bicyclic) bond motifs is 1. The van der Waals surface area contributed by atoms with Crippen LogP contribution in [-0.4, -0.2) is 58.9 Å². The summed E-state index contributed by atoms with van der Waals surface area (Å²) in [5.41, 5.74) is -0.550. The van der Waals surface area contributed by atoms with Gasteiger partial charge < -0.3 is 15.5 Å². The first-order valence-electron chi connectivity index (χ1n) is 13.9. The molecule has 1 unspecified atom stereocenters. The highest BCUT2D eigenvalue weighted by Gasteiger charge is 2.69. The summed E-state index contributed by atoms with van der Waals surface area (Å²) in [7, 11) is 0. The Morgan fingerprint density at radius 1 is 1.26 bits per heavy atom. The molecule has 2 heterocycles. The molecule has 0 radical (unpaired) electrons. The zero-order valence-electron chi connectivity index (χ0n) is 23.2. The number of hydrogen-bond donors (Lipinski definition) is 3. The third-order valence-corrected chi connectivity index (χ3v) is 9.22. The quantitative estimate of drug-likeness (QED) is 0.445. The van der Waals surface area contributed by atoms with E-state index < -0.39 is 23.4 Å². The van der Waals surface area contributed by atoms with Crippen LogP contribution in [0.2, 0.25) is 0 Å². The van der Waals surface area contributed by atoms with Crippen LogP contribution in [0.25, 0.3) is 4.85 Å². The molecule has 9 nitrogen and oxygen atoms in total.